The van der Waals surface area contributed by atoms with E-state index >= 15 is 0 Å². The summed E-state index contributed by atoms with van der Waals surface area (Å²) in [5.74, 6) is -2.12. The first-order valence-corrected chi connectivity index (χ1v) is 8.02. The summed E-state index contributed by atoms with van der Waals surface area (Å²) in [5, 5.41) is 5.01. The van der Waals surface area contributed by atoms with Gasteiger partial charge in [0.05, 0.1) is 18.4 Å². The third-order valence-corrected chi connectivity index (χ3v) is 3.62. The number of nitrogens with one attached hydrogen (secondary N) is 2. The molecule has 0 fully saturated rings. The van der Waals surface area contributed by atoms with Crippen LogP contribution in [0.1, 0.15) is 30.6 Å². The van der Waals surface area contributed by atoms with Gasteiger partial charge in [-0.2, -0.15) is 0 Å². The minimum absolute atomic E-state index is 0.197. The van der Waals surface area contributed by atoms with E-state index in [9.17, 15) is 14.4 Å². The zero-order chi connectivity index (χ0) is 17.9. The number of rotatable bonds is 8. The van der Waals surface area contributed by atoms with Crippen molar-refractivity contribution < 1.29 is 19.1 Å². The second kappa shape index (κ2) is 10.4. The van der Waals surface area contributed by atoms with Gasteiger partial charge in [0.1, 0.15) is 0 Å². The Kier molecular flexibility index (Phi) is 8.49. The molecule has 1 aromatic carbocycles. The minimum Gasteiger partial charge on any atom is -0.465 e. The fourth-order valence-corrected chi connectivity index (χ4v) is 2.18. The van der Waals surface area contributed by atoms with Crippen molar-refractivity contribution in [1.29, 1.82) is 0 Å². The van der Waals surface area contributed by atoms with Crippen LogP contribution in [0.3, 0.4) is 0 Å². The molecule has 2 N–H and O–H groups in total. The van der Waals surface area contributed by atoms with E-state index in [-0.39, 0.29) is 11.3 Å². The van der Waals surface area contributed by atoms with Crippen LogP contribution in [0.5, 0.6) is 0 Å². The van der Waals surface area contributed by atoms with E-state index in [0.29, 0.717) is 6.54 Å². The first kappa shape index (κ1) is 19.6. The van der Waals surface area contributed by atoms with Gasteiger partial charge in [0.2, 0.25) is 0 Å². The first-order valence-electron chi connectivity index (χ1n) is 8.02. The number of methoxy groups -OCH3 is 1. The topological polar surface area (TPSA) is 87.7 Å². The van der Waals surface area contributed by atoms with Crippen molar-refractivity contribution in [3.63, 3.8) is 0 Å². The fraction of sp³-hybridized carbons (Fsp3) is 0.471. The maximum absolute atomic E-state index is 11.9. The number of carbonyl (C=O) groups excluding carboxylic acids is 3. The molecule has 0 unspecified atom stereocenters. The Morgan fingerprint density at radius 1 is 1.08 bits per heavy atom. The summed E-state index contributed by atoms with van der Waals surface area (Å²) in [6.07, 6.45) is 0.763. The van der Waals surface area contributed by atoms with Crippen LogP contribution in [-0.2, 0) is 14.3 Å². The van der Waals surface area contributed by atoms with Crippen LogP contribution in [0.4, 0.5) is 5.69 Å². The molecule has 0 radical (unpaired) electrons. The van der Waals surface area contributed by atoms with Gasteiger partial charge in [-0.05, 0) is 38.2 Å². The second-order valence-electron chi connectivity index (χ2n) is 5.13. The van der Waals surface area contributed by atoms with E-state index in [1.165, 1.54) is 19.2 Å². The van der Waals surface area contributed by atoms with Gasteiger partial charge in [0.25, 0.3) is 0 Å². The number of carbonyl (C=O) groups is 3. The summed E-state index contributed by atoms with van der Waals surface area (Å²) in [4.78, 5) is 37.6. The van der Waals surface area contributed by atoms with Gasteiger partial charge in [-0.15, -0.1) is 0 Å². The Hall–Kier alpha value is -2.41. The lowest BCUT2D eigenvalue weighted by Crippen LogP contribution is -2.37. The Morgan fingerprint density at radius 3 is 2.38 bits per heavy atom. The molecule has 0 saturated carbocycles. The van der Waals surface area contributed by atoms with E-state index in [1.54, 1.807) is 12.1 Å². The van der Waals surface area contributed by atoms with Crippen molar-refractivity contribution in [1.82, 2.24) is 10.2 Å². The molecule has 0 saturated heterocycles. The van der Waals surface area contributed by atoms with E-state index in [2.05, 4.69) is 34.1 Å². The average Bonchev–Trinajstić information content (AvgIpc) is 2.61. The molecule has 0 atom stereocenters. The number of anilines is 1. The summed E-state index contributed by atoms with van der Waals surface area (Å²) < 4.78 is 4.65. The average molecular weight is 335 g/mol. The molecule has 0 aliphatic rings. The lowest BCUT2D eigenvalue weighted by Gasteiger charge is -2.17. The van der Waals surface area contributed by atoms with E-state index < -0.39 is 17.8 Å². The number of hydrogen-bond donors (Lipinski definition) is 2. The third-order valence-electron chi connectivity index (χ3n) is 3.62. The lowest BCUT2D eigenvalue weighted by molar-refractivity contribution is -0.136. The Morgan fingerprint density at radius 2 is 1.75 bits per heavy atom. The van der Waals surface area contributed by atoms with Gasteiger partial charge in [-0.25, -0.2) is 4.79 Å². The molecule has 7 nitrogen and oxygen atoms in total. The highest BCUT2D eigenvalue weighted by atomic mass is 16.5. The van der Waals surface area contributed by atoms with E-state index in [0.717, 1.165) is 26.1 Å². The number of para-hydroxylation sites is 1. The number of hydrogen-bond acceptors (Lipinski definition) is 5. The Bertz CT molecular complexity index is 571. The van der Waals surface area contributed by atoms with Crippen molar-refractivity contribution in [2.45, 2.75) is 20.3 Å². The van der Waals surface area contributed by atoms with Crippen LogP contribution in [0.25, 0.3) is 0 Å². The number of nitrogens with zero attached hydrogens (tertiary/aromatic N) is 1. The lowest BCUT2D eigenvalue weighted by atomic mass is 10.2. The SMILES string of the molecule is CCN(CC)CCCNC(=O)C(=O)Nc1ccccc1C(=O)OC. The summed E-state index contributed by atoms with van der Waals surface area (Å²) in [6.45, 7) is 7.34. The van der Waals surface area contributed by atoms with Gasteiger partial charge in [-0.3, -0.25) is 9.59 Å². The monoisotopic (exact) mass is 335 g/mol. The predicted octanol–water partition coefficient (Wildman–Crippen LogP) is 1.26. The van der Waals surface area contributed by atoms with Crippen LogP contribution >= 0.6 is 0 Å². The largest absolute Gasteiger partial charge is 0.465 e. The highest BCUT2D eigenvalue weighted by Crippen LogP contribution is 2.15. The summed E-state index contributed by atoms with van der Waals surface area (Å²) in [5.41, 5.74) is 0.440. The number of benzene rings is 1. The van der Waals surface area contributed by atoms with Gasteiger partial charge in [-0.1, -0.05) is 26.0 Å². The van der Waals surface area contributed by atoms with E-state index in [1.807, 2.05) is 0 Å². The van der Waals surface area contributed by atoms with Crippen LogP contribution < -0.4 is 10.6 Å². The minimum atomic E-state index is -0.811. The molecule has 1 rings (SSSR count). The maximum atomic E-state index is 11.9. The molecule has 1 aromatic rings. The fourth-order valence-electron chi connectivity index (χ4n) is 2.18. The van der Waals surface area contributed by atoms with Crippen molar-refractivity contribution in [3.05, 3.63) is 29.8 Å². The first-order chi connectivity index (χ1) is 11.5. The molecule has 0 bridgehead atoms. The summed E-state index contributed by atoms with van der Waals surface area (Å²) in [6, 6.07) is 6.36. The Labute approximate surface area is 142 Å². The number of esters is 1. The highest BCUT2D eigenvalue weighted by molar-refractivity contribution is 6.40. The zero-order valence-electron chi connectivity index (χ0n) is 14.4. The molecule has 0 aliphatic heterocycles. The summed E-state index contributed by atoms with van der Waals surface area (Å²) in [7, 11) is 1.25. The molecular formula is C17H25N3O4. The molecule has 0 aliphatic carbocycles. The Balaban J connectivity index is 2.50. The normalized spacial score (nSPS) is 10.3. The quantitative estimate of drug-likeness (QED) is 0.424. The van der Waals surface area contributed by atoms with Gasteiger partial charge < -0.3 is 20.3 Å². The van der Waals surface area contributed by atoms with Crippen LogP contribution in [0.15, 0.2) is 24.3 Å². The van der Waals surface area contributed by atoms with Crippen molar-refractivity contribution in [2.75, 3.05) is 38.6 Å². The van der Waals surface area contributed by atoms with E-state index in [4.69, 9.17) is 0 Å². The van der Waals surface area contributed by atoms with Crippen molar-refractivity contribution in [2.24, 2.45) is 0 Å². The molecule has 0 heterocycles. The second-order valence-corrected chi connectivity index (χ2v) is 5.13. The number of ether oxygens (including phenoxy) is 1. The standard InChI is InChI=1S/C17H25N3O4/c1-4-20(5-2)12-8-11-18-15(21)16(22)19-14-10-7-6-9-13(14)17(23)24-3/h6-7,9-10H,4-5,8,11-12H2,1-3H3,(H,18,21)(H,19,22). The molecule has 2 amide bonds. The smallest absolute Gasteiger partial charge is 0.339 e. The maximum Gasteiger partial charge on any atom is 0.339 e. The van der Waals surface area contributed by atoms with Gasteiger partial charge in [0.15, 0.2) is 0 Å². The van der Waals surface area contributed by atoms with Crippen LogP contribution in [0, 0.1) is 0 Å². The zero-order valence-corrected chi connectivity index (χ0v) is 14.4. The van der Waals surface area contributed by atoms with Crippen molar-refractivity contribution >= 4 is 23.5 Å². The number of amides is 2. The highest BCUT2D eigenvalue weighted by Gasteiger charge is 2.17. The van der Waals surface area contributed by atoms with Crippen LogP contribution in [0.2, 0.25) is 0 Å². The van der Waals surface area contributed by atoms with Crippen molar-refractivity contribution in [3.8, 4) is 0 Å². The molecule has 132 valence electrons. The molecule has 0 spiro atoms. The summed E-state index contributed by atoms with van der Waals surface area (Å²) >= 11 is 0. The third kappa shape index (κ3) is 6.00. The molecule has 7 heteroatoms. The van der Waals surface area contributed by atoms with Gasteiger partial charge in [0, 0.05) is 6.54 Å². The van der Waals surface area contributed by atoms with Gasteiger partial charge >= 0.3 is 17.8 Å². The molecule has 24 heavy (non-hydrogen) atoms. The molecule has 0 aromatic heterocycles. The predicted molar refractivity (Wildman–Crippen MR) is 91.8 cm³/mol. The van der Waals surface area contributed by atoms with Crippen LogP contribution in [-0.4, -0.2) is 56.0 Å². The molecular weight excluding hydrogens is 310 g/mol.